The summed E-state index contributed by atoms with van der Waals surface area (Å²) < 4.78 is 0. The van der Waals surface area contributed by atoms with Gasteiger partial charge in [0.2, 0.25) is 5.91 Å². The minimum Gasteiger partial charge on any atom is -0.399 e. The van der Waals surface area contributed by atoms with Crippen LogP contribution >= 0.6 is 0 Å². The van der Waals surface area contributed by atoms with Crippen molar-refractivity contribution in [2.75, 3.05) is 17.2 Å². The quantitative estimate of drug-likeness (QED) is 0.570. The average molecular weight is 235 g/mol. The van der Waals surface area contributed by atoms with Crippen LogP contribution in [0.4, 0.5) is 11.4 Å². The summed E-state index contributed by atoms with van der Waals surface area (Å²) in [5, 5.41) is 9.39. The lowest BCUT2D eigenvalue weighted by molar-refractivity contribution is -0.130. The maximum absolute atomic E-state index is 11.8. The highest BCUT2D eigenvalue weighted by Crippen LogP contribution is 2.30. The second-order valence-electron chi connectivity index (χ2n) is 3.88. The SMILES string of the molecule is NCC(O)C(=O)N1C(=O)Cc2cc(N)ccc21. The van der Waals surface area contributed by atoms with Gasteiger partial charge in [0.05, 0.1) is 12.1 Å². The van der Waals surface area contributed by atoms with Crippen molar-refractivity contribution in [2.45, 2.75) is 12.5 Å². The van der Waals surface area contributed by atoms with E-state index in [1.165, 1.54) is 0 Å². The van der Waals surface area contributed by atoms with Crippen molar-refractivity contribution < 1.29 is 14.7 Å². The molecule has 0 spiro atoms. The van der Waals surface area contributed by atoms with Crippen LogP contribution in [0.2, 0.25) is 0 Å². The highest BCUT2D eigenvalue weighted by atomic mass is 16.3. The van der Waals surface area contributed by atoms with Gasteiger partial charge in [-0.15, -0.1) is 0 Å². The Morgan fingerprint density at radius 3 is 2.88 bits per heavy atom. The van der Waals surface area contributed by atoms with Crippen molar-refractivity contribution in [2.24, 2.45) is 5.73 Å². The van der Waals surface area contributed by atoms with E-state index in [2.05, 4.69) is 0 Å². The van der Waals surface area contributed by atoms with E-state index < -0.39 is 12.0 Å². The van der Waals surface area contributed by atoms with Crippen molar-refractivity contribution in [1.29, 1.82) is 0 Å². The molecule has 6 heteroatoms. The Bertz CT molecular complexity index is 487. The number of hydrogen-bond donors (Lipinski definition) is 3. The number of fused-ring (bicyclic) bond motifs is 1. The molecule has 0 saturated heterocycles. The maximum Gasteiger partial charge on any atom is 0.263 e. The highest BCUT2D eigenvalue weighted by molar-refractivity contribution is 6.20. The summed E-state index contributed by atoms with van der Waals surface area (Å²) >= 11 is 0. The van der Waals surface area contributed by atoms with Gasteiger partial charge in [0.25, 0.3) is 5.91 Å². The highest BCUT2D eigenvalue weighted by Gasteiger charge is 2.34. The minimum absolute atomic E-state index is 0.114. The van der Waals surface area contributed by atoms with Gasteiger partial charge in [-0.2, -0.15) is 0 Å². The predicted molar refractivity (Wildman–Crippen MR) is 62.1 cm³/mol. The molecule has 2 amide bonds. The van der Waals surface area contributed by atoms with Crippen LogP contribution in [0.5, 0.6) is 0 Å². The van der Waals surface area contributed by atoms with Gasteiger partial charge in [-0.1, -0.05) is 0 Å². The van der Waals surface area contributed by atoms with E-state index in [0.29, 0.717) is 16.9 Å². The van der Waals surface area contributed by atoms with Gasteiger partial charge in [-0.05, 0) is 23.8 Å². The van der Waals surface area contributed by atoms with Gasteiger partial charge in [0.1, 0.15) is 6.10 Å². The fourth-order valence-electron chi connectivity index (χ4n) is 1.83. The van der Waals surface area contributed by atoms with E-state index in [1.807, 2.05) is 0 Å². The zero-order valence-electron chi connectivity index (χ0n) is 9.09. The number of nitrogens with zero attached hydrogens (tertiary/aromatic N) is 1. The Morgan fingerprint density at radius 1 is 1.53 bits per heavy atom. The Kier molecular flexibility index (Phi) is 2.83. The molecule has 1 atom stereocenters. The summed E-state index contributed by atoms with van der Waals surface area (Å²) in [6.45, 7) is -0.215. The van der Waals surface area contributed by atoms with Crippen LogP contribution in [-0.2, 0) is 16.0 Å². The predicted octanol–water partition coefficient (Wildman–Crippen LogP) is -0.996. The van der Waals surface area contributed by atoms with E-state index >= 15 is 0 Å². The summed E-state index contributed by atoms with van der Waals surface area (Å²) in [6, 6.07) is 4.85. The fraction of sp³-hybridized carbons (Fsp3) is 0.273. The molecule has 0 fully saturated rings. The van der Waals surface area contributed by atoms with E-state index in [9.17, 15) is 14.7 Å². The molecule has 1 aromatic rings. The third-order valence-electron chi connectivity index (χ3n) is 2.66. The number of nitrogen functional groups attached to an aromatic ring is 1. The summed E-state index contributed by atoms with van der Waals surface area (Å²) in [4.78, 5) is 24.5. The van der Waals surface area contributed by atoms with E-state index in [1.54, 1.807) is 18.2 Å². The lowest BCUT2D eigenvalue weighted by Crippen LogP contribution is -2.44. The summed E-state index contributed by atoms with van der Waals surface area (Å²) in [6.07, 6.45) is -1.24. The first-order valence-electron chi connectivity index (χ1n) is 5.18. The zero-order valence-corrected chi connectivity index (χ0v) is 9.09. The van der Waals surface area contributed by atoms with Crippen LogP contribution in [0.1, 0.15) is 5.56 Å². The molecule has 0 aromatic heterocycles. The standard InChI is InChI=1S/C11H13N3O3/c12-5-9(15)11(17)14-8-2-1-7(13)3-6(8)4-10(14)16/h1-3,9,15H,4-5,12-13H2. The first-order valence-corrected chi connectivity index (χ1v) is 5.18. The Labute approximate surface area is 97.8 Å². The molecule has 6 nitrogen and oxygen atoms in total. The Balaban J connectivity index is 2.38. The smallest absolute Gasteiger partial charge is 0.263 e. The number of imide groups is 1. The number of aliphatic hydroxyl groups is 1. The largest absolute Gasteiger partial charge is 0.399 e. The zero-order chi connectivity index (χ0) is 12.6. The third-order valence-corrected chi connectivity index (χ3v) is 2.66. The summed E-state index contributed by atoms with van der Waals surface area (Å²) in [5.41, 5.74) is 12.5. The van der Waals surface area contributed by atoms with E-state index in [0.717, 1.165) is 4.90 Å². The average Bonchev–Trinajstić information content (AvgIpc) is 2.62. The molecule has 90 valence electrons. The minimum atomic E-state index is -1.36. The number of carbonyl (C=O) groups is 2. The van der Waals surface area contributed by atoms with Crippen LogP contribution in [-0.4, -0.2) is 29.6 Å². The molecule has 1 heterocycles. The number of benzene rings is 1. The molecule has 1 aliphatic heterocycles. The summed E-state index contributed by atoms with van der Waals surface area (Å²) in [7, 11) is 0. The third kappa shape index (κ3) is 1.88. The second-order valence-corrected chi connectivity index (χ2v) is 3.88. The molecule has 1 unspecified atom stereocenters. The van der Waals surface area contributed by atoms with E-state index in [4.69, 9.17) is 11.5 Å². The van der Waals surface area contributed by atoms with Gasteiger partial charge in [0, 0.05) is 12.2 Å². The number of anilines is 2. The van der Waals surface area contributed by atoms with Crippen molar-refractivity contribution in [3.63, 3.8) is 0 Å². The van der Waals surface area contributed by atoms with E-state index in [-0.39, 0.29) is 18.9 Å². The van der Waals surface area contributed by atoms with Gasteiger partial charge in [0.15, 0.2) is 0 Å². The molecular formula is C11H13N3O3. The topological polar surface area (TPSA) is 110 Å². The number of aliphatic hydroxyl groups excluding tert-OH is 1. The molecular weight excluding hydrogens is 222 g/mol. The van der Waals surface area contributed by atoms with Crippen molar-refractivity contribution in [3.05, 3.63) is 23.8 Å². The molecule has 17 heavy (non-hydrogen) atoms. The van der Waals surface area contributed by atoms with Crippen molar-refractivity contribution >= 4 is 23.2 Å². The normalized spacial score (nSPS) is 15.9. The second kappa shape index (κ2) is 4.15. The molecule has 0 saturated carbocycles. The molecule has 0 bridgehead atoms. The molecule has 5 N–H and O–H groups in total. The Hall–Kier alpha value is -1.92. The molecule has 1 aliphatic rings. The van der Waals surface area contributed by atoms with Crippen LogP contribution in [0, 0.1) is 0 Å². The number of rotatable bonds is 2. The maximum atomic E-state index is 11.8. The van der Waals surface area contributed by atoms with Crippen LogP contribution in [0.15, 0.2) is 18.2 Å². The first kappa shape index (κ1) is 11.6. The first-order chi connectivity index (χ1) is 8.04. The van der Waals surface area contributed by atoms with Crippen LogP contribution < -0.4 is 16.4 Å². The summed E-state index contributed by atoms with van der Waals surface area (Å²) in [5.74, 6) is -1.07. The Morgan fingerprint density at radius 2 is 2.24 bits per heavy atom. The fourth-order valence-corrected chi connectivity index (χ4v) is 1.83. The van der Waals surface area contributed by atoms with Crippen molar-refractivity contribution in [3.8, 4) is 0 Å². The van der Waals surface area contributed by atoms with Crippen LogP contribution in [0.25, 0.3) is 0 Å². The molecule has 0 radical (unpaired) electrons. The van der Waals surface area contributed by atoms with Gasteiger partial charge >= 0.3 is 0 Å². The number of carbonyl (C=O) groups excluding carboxylic acids is 2. The lowest BCUT2D eigenvalue weighted by atomic mass is 10.1. The van der Waals surface area contributed by atoms with Crippen molar-refractivity contribution in [1.82, 2.24) is 0 Å². The monoisotopic (exact) mass is 235 g/mol. The number of nitrogens with two attached hydrogens (primary N) is 2. The number of hydrogen-bond acceptors (Lipinski definition) is 5. The van der Waals surface area contributed by atoms with Gasteiger partial charge in [-0.25, -0.2) is 4.90 Å². The molecule has 1 aromatic carbocycles. The number of amides is 2. The van der Waals surface area contributed by atoms with Crippen LogP contribution in [0.3, 0.4) is 0 Å². The molecule has 2 rings (SSSR count). The molecule has 0 aliphatic carbocycles. The van der Waals surface area contributed by atoms with Gasteiger partial charge in [-0.3, -0.25) is 9.59 Å². The lowest BCUT2D eigenvalue weighted by Gasteiger charge is -2.18. The van der Waals surface area contributed by atoms with Gasteiger partial charge < -0.3 is 16.6 Å².